The van der Waals surface area contributed by atoms with E-state index in [1.807, 2.05) is 0 Å². The van der Waals surface area contributed by atoms with Crippen LogP contribution in [-0.4, -0.2) is 18.4 Å². The summed E-state index contributed by atoms with van der Waals surface area (Å²) >= 11 is 0. The van der Waals surface area contributed by atoms with Gasteiger partial charge in [0.25, 0.3) is 0 Å². The van der Waals surface area contributed by atoms with Gasteiger partial charge in [0.2, 0.25) is 5.88 Å². The van der Waals surface area contributed by atoms with Crippen LogP contribution in [0.1, 0.15) is 18.7 Å². The summed E-state index contributed by atoms with van der Waals surface area (Å²) in [6, 6.07) is 4.90. The molecule has 1 aliphatic rings. The third kappa shape index (κ3) is 2.09. The Hall–Kier alpha value is -2.24. The monoisotopic (exact) mass is 264 g/mol. The number of nitrogen functional groups attached to an aromatic ring is 1. The van der Waals surface area contributed by atoms with Crippen molar-refractivity contribution >= 4 is 5.88 Å². The zero-order chi connectivity index (χ0) is 13.4. The number of nitrogens with zero attached hydrogens (tertiary/aromatic N) is 1. The molecule has 0 spiro atoms. The molecule has 1 unspecified atom stereocenters. The molecule has 1 aromatic carbocycles. The van der Waals surface area contributed by atoms with Gasteiger partial charge in [0.15, 0.2) is 11.5 Å². The average molecular weight is 264 g/mol. The smallest absolute Gasteiger partial charge is 0.222 e. The van der Waals surface area contributed by atoms with E-state index in [1.54, 1.807) is 18.2 Å². The first-order chi connectivity index (χ1) is 9.15. The van der Waals surface area contributed by atoms with Crippen LogP contribution in [0.2, 0.25) is 0 Å². The number of rotatable bonds is 2. The molecule has 2 heterocycles. The summed E-state index contributed by atoms with van der Waals surface area (Å²) in [6.07, 6.45) is -1.16. The molecule has 6 heteroatoms. The lowest BCUT2D eigenvalue weighted by Crippen LogP contribution is -2.15. The van der Waals surface area contributed by atoms with Gasteiger partial charge in [-0.05, 0) is 24.6 Å². The molecule has 19 heavy (non-hydrogen) atoms. The Bertz CT molecular complexity index is 610. The Balaban J connectivity index is 2.16. The van der Waals surface area contributed by atoms with E-state index in [2.05, 4.69) is 5.16 Å². The second-order valence-electron chi connectivity index (χ2n) is 4.31. The number of hydrogen-bond donors (Lipinski definition) is 1. The lowest BCUT2D eigenvalue weighted by Gasteiger charge is -2.21. The average Bonchev–Trinajstić information content (AvgIpc) is 2.83. The molecule has 0 fully saturated rings. The number of anilines is 1. The standard InChI is InChI=1S/C13H13FN2O3/c1-7(14)8-4-11-12(18-3-2-17-11)5-9(8)10-6-13(15)19-16-10/h4-7H,2-3,15H2,1H3. The zero-order valence-electron chi connectivity index (χ0n) is 10.4. The maximum Gasteiger partial charge on any atom is 0.222 e. The van der Waals surface area contributed by atoms with Gasteiger partial charge in [-0.15, -0.1) is 0 Å². The van der Waals surface area contributed by atoms with Crippen LogP contribution in [0.4, 0.5) is 10.3 Å². The first-order valence-corrected chi connectivity index (χ1v) is 5.95. The molecule has 0 aliphatic carbocycles. The highest BCUT2D eigenvalue weighted by Crippen LogP contribution is 2.40. The summed E-state index contributed by atoms with van der Waals surface area (Å²) in [5.41, 5.74) is 7.05. The minimum atomic E-state index is -1.16. The van der Waals surface area contributed by atoms with E-state index >= 15 is 0 Å². The molecule has 1 atom stereocenters. The van der Waals surface area contributed by atoms with Crippen molar-refractivity contribution in [3.05, 3.63) is 23.8 Å². The van der Waals surface area contributed by atoms with Crippen LogP contribution in [-0.2, 0) is 0 Å². The van der Waals surface area contributed by atoms with Gasteiger partial charge in [0.1, 0.15) is 25.1 Å². The molecule has 5 nitrogen and oxygen atoms in total. The summed E-state index contributed by atoms with van der Waals surface area (Å²) < 4.78 is 29.5. The second-order valence-corrected chi connectivity index (χ2v) is 4.31. The van der Waals surface area contributed by atoms with E-state index in [1.165, 1.54) is 6.92 Å². The maximum absolute atomic E-state index is 13.8. The molecule has 0 amide bonds. The van der Waals surface area contributed by atoms with Crippen molar-refractivity contribution in [3.63, 3.8) is 0 Å². The van der Waals surface area contributed by atoms with Gasteiger partial charge in [-0.3, -0.25) is 0 Å². The number of alkyl halides is 1. The predicted molar refractivity (Wildman–Crippen MR) is 66.9 cm³/mol. The van der Waals surface area contributed by atoms with E-state index < -0.39 is 6.17 Å². The Kier molecular flexibility index (Phi) is 2.77. The molecule has 100 valence electrons. The van der Waals surface area contributed by atoms with Gasteiger partial charge in [-0.2, -0.15) is 0 Å². The van der Waals surface area contributed by atoms with Crippen LogP contribution in [0.15, 0.2) is 22.7 Å². The van der Waals surface area contributed by atoms with Crippen molar-refractivity contribution < 1.29 is 18.4 Å². The first kappa shape index (κ1) is 11.8. The Morgan fingerprint density at radius 3 is 2.47 bits per heavy atom. The zero-order valence-corrected chi connectivity index (χ0v) is 10.4. The van der Waals surface area contributed by atoms with Crippen molar-refractivity contribution in [2.75, 3.05) is 18.9 Å². The topological polar surface area (TPSA) is 70.5 Å². The number of hydrogen-bond acceptors (Lipinski definition) is 5. The second kappa shape index (κ2) is 4.46. The SMILES string of the molecule is CC(F)c1cc2c(cc1-c1cc(N)on1)OCCO2. The largest absolute Gasteiger partial charge is 0.486 e. The molecule has 0 radical (unpaired) electrons. The molecule has 1 aromatic heterocycles. The molecule has 2 N–H and O–H groups in total. The Morgan fingerprint density at radius 2 is 1.89 bits per heavy atom. The third-order valence-electron chi connectivity index (χ3n) is 2.95. The highest BCUT2D eigenvalue weighted by molar-refractivity contribution is 5.70. The fourth-order valence-electron chi connectivity index (χ4n) is 2.07. The number of benzene rings is 1. The van der Waals surface area contributed by atoms with E-state index in [0.717, 1.165) is 0 Å². The molecule has 0 saturated heterocycles. The predicted octanol–water partition coefficient (Wildman–Crippen LogP) is 2.73. The van der Waals surface area contributed by atoms with E-state index in [9.17, 15) is 4.39 Å². The number of halogens is 1. The van der Waals surface area contributed by atoms with Gasteiger partial charge < -0.3 is 19.7 Å². The van der Waals surface area contributed by atoms with Gasteiger partial charge in [0.05, 0.1) is 0 Å². The molecule has 0 bridgehead atoms. The molecular weight excluding hydrogens is 251 g/mol. The first-order valence-electron chi connectivity index (χ1n) is 5.95. The van der Waals surface area contributed by atoms with E-state index in [4.69, 9.17) is 19.7 Å². The summed E-state index contributed by atoms with van der Waals surface area (Å²) in [4.78, 5) is 0. The van der Waals surface area contributed by atoms with Gasteiger partial charge >= 0.3 is 0 Å². The normalized spacial score (nSPS) is 15.3. The summed E-state index contributed by atoms with van der Waals surface area (Å²) in [6.45, 7) is 2.39. The van der Waals surface area contributed by atoms with Crippen molar-refractivity contribution in [2.45, 2.75) is 13.1 Å². The Morgan fingerprint density at radius 1 is 1.21 bits per heavy atom. The third-order valence-corrected chi connectivity index (χ3v) is 2.95. The fraction of sp³-hybridized carbons (Fsp3) is 0.308. The number of ether oxygens (including phenoxy) is 2. The summed E-state index contributed by atoms with van der Waals surface area (Å²) in [7, 11) is 0. The van der Waals surface area contributed by atoms with Crippen molar-refractivity contribution in [1.82, 2.24) is 5.16 Å². The van der Waals surface area contributed by atoms with Crippen LogP contribution < -0.4 is 15.2 Å². The lowest BCUT2D eigenvalue weighted by molar-refractivity contribution is 0.171. The highest BCUT2D eigenvalue weighted by atomic mass is 19.1. The van der Waals surface area contributed by atoms with Crippen molar-refractivity contribution in [3.8, 4) is 22.8 Å². The van der Waals surface area contributed by atoms with E-state index in [-0.39, 0.29) is 5.88 Å². The Labute approximate surface area is 109 Å². The quantitative estimate of drug-likeness (QED) is 0.903. The van der Waals surface area contributed by atoms with Crippen LogP contribution in [0.3, 0.4) is 0 Å². The fourth-order valence-corrected chi connectivity index (χ4v) is 2.07. The number of aromatic nitrogens is 1. The molecule has 0 saturated carbocycles. The van der Waals surface area contributed by atoms with Crippen LogP contribution in [0.25, 0.3) is 11.3 Å². The molecule has 3 rings (SSSR count). The van der Waals surface area contributed by atoms with Gasteiger partial charge in [-0.1, -0.05) is 5.16 Å². The molecule has 2 aromatic rings. The highest BCUT2D eigenvalue weighted by Gasteiger charge is 2.21. The van der Waals surface area contributed by atoms with Gasteiger partial charge in [0, 0.05) is 11.6 Å². The van der Waals surface area contributed by atoms with E-state index in [0.29, 0.717) is 41.5 Å². The van der Waals surface area contributed by atoms with Crippen LogP contribution in [0.5, 0.6) is 11.5 Å². The van der Waals surface area contributed by atoms with Gasteiger partial charge in [-0.25, -0.2) is 4.39 Å². The number of nitrogens with two attached hydrogens (primary N) is 1. The van der Waals surface area contributed by atoms with Crippen LogP contribution >= 0.6 is 0 Å². The summed E-state index contributed by atoms with van der Waals surface area (Å²) in [5.74, 6) is 1.31. The van der Waals surface area contributed by atoms with Crippen LogP contribution in [0, 0.1) is 0 Å². The summed E-state index contributed by atoms with van der Waals surface area (Å²) in [5, 5.41) is 3.81. The minimum absolute atomic E-state index is 0.183. The minimum Gasteiger partial charge on any atom is -0.486 e. The lowest BCUT2D eigenvalue weighted by atomic mass is 10.00. The van der Waals surface area contributed by atoms with Crippen molar-refractivity contribution in [2.24, 2.45) is 0 Å². The number of fused-ring (bicyclic) bond motifs is 1. The maximum atomic E-state index is 13.8. The molecular formula is C13H13FN2O3. The van der Waals surface area contributed by atoms with Crippen molar-refractivity contribution in [1.29, 1.82) is 0 Å². The molecule has 1 aliphatic heterocycles.